The van der Waals surface area contributed by atoms with E-state index in [2.05, 4.69) is 15.3 Å². The van der Waals surface area contributed by atoms with Crippen LogP contribution < -0.4 is 15.4 Å². The molecule has 0 saturated carbocycles. The van der Waals surface area contributed by atoms with Gasteiger partial charge in [-0.2, -0.15) is 0 Å². The van der Waals surface area contributed by atoms with Crippen molar-refractivity contribution in [2.75, 3.05) is 36.5 Å². The second kappa shape index (κ2) is 10.1. The molecule has 34 heavy (non-hydrogen) atoms. The van der Waals surface area contributed by atoms with E-state index in [9.17, 15) is 13.2 Å². The highest BCUT2D eigenvalue weighted by Gasteiger charge is 2.22. The van der Waals surface area contributed by atoms with E-state index >= 15 is 0 Å². The van der Waals surface area contributed by atoms with Crippen LogP contribution in [0.1, 0.15) is 21.7 Å². The molecule has 1 aromatic heterocycles. The summed E-state index contributed by atoms with van der Waals surface area (Å²) in [5, 5.41) is 8.81. The highest BCUT2D eigenvalue weighted by Crippen LogP contribution is 2.28. The molecule has 178 valence electrons. The van der Waals surface area contributed by atoms with E-state index in [0.717, 1.165) is 16.3 Å². The number of nitrogens with two attached hydrogens (primary N) is 1. The minimum atomic E-state index is -3.96. The Morgan fingerprint density at radius 2 is 1.68 bits per heavy atom. The Morgan fingerprint density at radius 1 is 1.03 bits per heavy atom. The zero-order valence-electron chi connectivity index (χ0n) is 18.8. The van der Waals surface area contributed by atoms with Crippen LogP contribution in [0, 0.1) is 13.8 Å². The van der Waals surface area contributed by atoms with Crippen LogP contribution in [-0.2, 0) is 14.8 Å². The molecule has 0 atom stereocenters. The van der Waals surface area contributed by atoms with Crippen LogP contribution in [0.5, 0.6) is 0 Å². The average Bonchev–Trinajstić information content (AvgIpc) is 2.79. The third kappa shape index (κ3) is 5.92. The molecule has 11 heteroatoms. The third-order valence-electron chi connectivity index (χ3n) is 5.18. The third-order valence-corrected chi connectivity index (χ3v) is 6.96. The molecule has 9 nitrogen and oxygen atoms in total. The van der Waals surface area contributed by atoms with Gasteiger partial charge >= 0.3 is 0 Å². The topological polar surface area (TPSA) is 128 Å². The number of primary sulfonamides is 1. The number of rotatable bonds is 6. The van der Waals surface area contributed by atoms with Gasteiger partial charge in [0.2, 0.25) is 10.0 Å². The van der Waals surface area contributed by atoms with Crippen molar-refractivity contribution in [3.8, 4) is 0 Å². The molecule has 1 amide bonds. The molecule has 2 heterocycles. The molecule has 0 unspecified atom stereocenters. The number of hydrogen-bond acceptors (Lipinski definition) is 8. The van der Waals surface area contributed by atoms with Gasteiger partial charge in [-0.25, -0.2) is 23.5 Å². The van der Waals surface area contributed by atoms with Crippen molar-refractivity contribution in [1.29, 1.82) is 0 Å². The lowest BCUT2D eigenvalue weighted by atomic mass is 10.1. The van der Waals surface area contributed by atoms with E-state index in [1.54, 1.807) is 18.2 Å². The van der Waals surface area contributed by atoms with E-state index in [1.165, 1.54) is 23.9 Å². The van der Waals surface area contributed by atoms with Crippen LogP contribution in [0.2, 0.25) is 0 Å². The van der Waals surface area contributed by atoms with E-state index < -0.39 is 15.9 Å². The van der Waals surface area contributed by atoms with Crippen molar-refractivity contribution in [1.82, 2.24) is 9.97 Å². The smallest absolute Gasteiger partial charge is 0.257 e. The van der Waals surface area contributed by atoms with Crippen LogP contribution in [-0.4, -0.2) is 50.6 Å². The summed E-state index contributed by atoms with van der Waals surface area (Å²) in [6.07, 6.45) is 0. The molecule has 3 aromatic rings. The number of benzene rings is 2. The van der Waals surface area contributed by atoms with Crippen LogP contribution in [0.25, 0.3) is 0 Å². The van der Waals surface area contributed by atoms with Crippen LogP contribution in [0.15, 0.2) is 63.5 Å². The predicted octanol–water partition coefficient (Wildman–Crippen LogP) is 2.98. The van der Waals surface area contributed by atoms with Crippen molar-refractivity contribution < 1.29 is 17.9 Å². The number of nitrogens with one attached hydrogen (secondary N) is 1. The fourth-order valence-electron chi connectivity index (χ4n) is 3.60. The van der Waals surface area contributed by atoms with Gasteiger partial charge in [0, 0.05) is 40.7 Å². The summed E-state index contributed by atoms with van der Waals surface area (Å²) >= 11 is 1.43. The maximum absolute atomic E-state index is 13.2. The summed E-state index contributed by atoms with van der Waals surface area (Å²) in [5.41, 5.74) is 3.24. The number of sulfonamides is 1. The van der Waals surface area contributed by atoms with Crippen molar-refractivity contribution in [3.05, 3.63) is 65.5 Å². The van der Waals surface area contributed by atoms with Gasteiger partial charge in [0.05, 0.1) is 23.7 Å². The van der Waals surface area contributed by atoms with Crippen LogP contribution in [0.4, 0.5) is 11.4 Å². The molecular weight excluding hydrogens is 474 g/mol. The highest BCUT2D eigenvalue weighted by atomic mass is 32.2. The molecule has 0 spiro atoms. The molecule has 0 radical (unpaired) electrons. The first-order chi connectivity index (χ1) is 16.2. The summed E-state index contributed by atoms with van der Waals surface area (Å²) in [7, 11) is -3.96. The van der Waals surface area contributed by atoms with Crippen molar-refractivity contribution in [2.24, 2.45) is 5.14 Å². The minimum Gasteiger partial charge on any atom is -0.378 e. The van der Waals surface area contributed by atoms with Crippen LogP contribution in [0.3, 0.4) is 0 Å². The van der Waals surface area contributed by atoms with Crippen LogP contribution >= 0.6 is 11.8 Å². The van der Waals surface area contributed by atoms with E-state index in [-0.39, 0.29) is 10.5 Å². The molecule has 4 rings (SSSR count). The van der Waals surface area contributed by atoms with E-state index in [0.29, 0.717) is 42.8 Å². The van der Waals surface area contributed by atoms with Gasteiger partial charge in [0.25, 0.3) is 5.91 Å². The number of carbonyl (C=O) groups is 1. The molecule has 1 saturated heterocycles. The highest BCUT2D eigenvalue weighted by molar-refractivity contribution is 7.99. The number of aromatic nitrogens is 2. The van der Waals surface area contributed by atoms with Gasteiger partial charge in [0.15, 0.2) is 5.16 Å². The second-order valence-corrected chi connectivity index (χ2v) is 10.4. The lowest BCUT2D eigenvalue weighted by Crippen LogP contribution is -2.37. The largest absolute Gasteiger partial charge is 0.378 e. The predicted molar refractivity (Wildman–Crippen MR) is 131 cm³/mol. The molecule has 1 aliphatic rings. The first-order valence-corrected chi connectivity index (χ1v) is 13.0. The maximum Gasteiger partial charge on any atom is 0.257 e. The molecule has 0 bridgehead atoms. The van der Waals surface area contributed by atoms with E-state index in [1.807, 2.05) is 36.9 Å². The first kappa shape index (κ1) is 24.1. The number of amides is 1. The van der Waals surface area contributed by atoms with Gasteiger partial charge in [-0.05, 0) is 74.1 Å². The molecule has 3 N–H and O–H groups in total. The quantitative estimate of drug-likeness (QED) is 0.496. The molecule has 1 aliphatic heterocycles. The number of nitrogens with zero attached hydrogens (tertiary/aromatic N) is 3. The minimum absolute atomic E-state index is 0.116. The lowest BCUT2D eigenvalue weighted by molar-refractivity contribution is 0.102. The molecular formula is C23H25N5O4S2. The SMILES string of the molecule is Cc1cc(C)nc(Sc2ccc(NC(=O)c3cc(S(N)(=O)=O)ccc3N3CCOCC3)cc2)n1. The van der Waals surface area contributed by atoms with Gasteiger partial charge in [-0.1, -0.05) is 0 Å². The van der Waals surface area contributed by atoms with Gasteiger partial charge in [-0.15, -0.1) is 0 Å². The number of morpholine rings is 1. The summed E-state index contributed by atoms with van der Waals surface area (Å²) in [4.78, 5) is 24.8. The Morgan fingerprint density at radius 3 is 2.29 bits per heavy atom. The zero-order chi connectivity index (χ0) is 24.3. The van der Waals surface area contributed by atoms with Gasteiger partial charge in [0.1, 0.15) is 0 Å². The van der Waals surface area contributed by atoms with E-state index in [4.69, 9.17) is 9.88 Å². The van der Waals surface area contributed by atoms with Crippen molar-refractivity contribution in [2.45, 2.75) is 28.8 Å². The normalized spacial score (nSPS) is 14.1. The monoisotopic (exact) mass is 499 g/mol. The Balaban J connectivity index is 1.55. The maximum atomic E-state index is 13.2. The number of aryl methyl sites for hydroxylation is 2. The van der Waals surface area contributed by atoms with Crippen molar-refractivity contribution in [3.63, 3.8) is 0 Å². The average molecular weight is 500 g/mol. The van der Waals surface area contributed by atoms with Crippen molar-refractivity contribution >= 4 is 39.1 Å². The van der Waals surface area contributed by atoms with Gasteiger partial charge < -0.3 is 15.0 Å². The zero-order valence-corrected chi connectivity index (χ0v) is 20.4. The Hall–Kier alpha value is -2.99. The first-order valence-electron chi connectivity index (χ1n) is 10.6. The number of anilines is 2. The number of hydrogen-bond donors (Lipinski definition) is 2. The summed E-state index contributed by atoms with van der Waals surface area (Å²) in [6.45, 7) is 6.10. The molecule has 2 aromatic carbocycles. The standard InChI is InChI=1S/C23H25N5O4S2/c1-15-13-16(2)26-23(25-15)33-18-5-3-17(4-6-18)27-22(29)20-14-19(34(24,30)31)7-8-21(20)28-9-11-32-12-10-28/h3-8,13-14H,9-12H2,1-2H3,(H,27,29)(H2,24,30,31). The summed E-state index contributed by atoms with van der Waals surface area (Å²) in [6, 6.07) is 13.6. The second-order valence-electron chi connectivity index (χ2n) is 7.84. The summed E-state index contributed by atoms with van der Waals surface area (Å²) < 4.78 is 29.2. The Labute approximate surface area is 202 Å². The molecule has 0 aliphatic carbocycles. The lowest BCUT2D eigenvalue weighted by Gasteiger charge is -2.30. The Kier molecular flexibility index (Phi) is 7.17. The Bertz CT molecular complexity index is 1290. The number of carbonyl (C=O) groups excluding carboxylic acids is 1. The molecule has 1 fully saturated rings. The fourth-order valence-corrected chi connectivity index (χ4v) is 5.01. The van der Waals surface area contributed by atoms with Gasteiger partial charge in [-0.3, -0.25) is 4.79 Å². The summed E-state index contributed by atoms with van der Waals surface area (Å²) in [5.74, 6) is -0.426. The fraction of sp³-hybridized carbons (Fsp3) is 0.261. The number of ether oxygens (including phenoxy) is 1.